The molecule has 6 heteroatoms. The topological polar surface area (TPSA) is 55.6 Å². The Morgan fingerprint density at radius 1 is 1.32 bits per heavy atom. The van der Waals surface area contributed by atoms with E-state index in [2.05, 4.69) is 51.7 Å². The number of aromatic nitrogens is 4. The van der Waals surface area contributed by atoms with Gasteiger partial charge in [0.25, 0.3) is 0 Å². The lowest BCUT2D eigenvalue weighted by atomic mass is 10.1. The van der Waals surface area contributed by atoms with Gasteiger partial charge in [-0.15, -0.1) is 5.10 Å². The molecule has 1 aliphatic rings. The molecule has 5 nitrogen and oxygen atoms in total. The predicted octanol–water partition coefficient (Wildman–Crippen LogP) is 2.36. The van der Waals surface area contributed by atoms with Crippen molar-refractivity contribution in [2.24, 2.45) is 0 Å². The van der Waals surface area contributed by atoms with E-state index in [0.717, 1.165) is 11.4 Å². The van der Waals surface area contributed by atoms with Crippen LogP contribution in [0.2, 0.25) is 0 Å². The second-order valence-electron chi connectivity index (χ2n) is 4.77. The van der Waals surface area contributed by atoms with Gasteiger partial charge in [0, 0.05) is 17.0 Å². The second-order valence-corrected chi connectivity index (χ2v) is 6.26. The number of nitrogens with one attached hydrogen (secondary N) is 1. The molecule has 0 spiro atoms. The molecule has 1 aliphatic heterocycles. The van der Waals surface area contributed by atoms with E-state index in [4.69, 9.17) is 0 Å². The summed E-state index contributed by atoms with van der Waals surface area (Å²) in [6.45, 7) is 2.30. The molecule has 19 heavy (non-hydrogen) atoms. The molecule has 0 aliphatic carbocycles. The molecule has 0 radical (unpaired) electrons. The van der Waals surface area contributed by atoms with Crippen LogP contribution in [0.5, 0.6) is 0 Å². The van der Waals surface area contributed by atoms with E-state index in [1.807, 2.05) is 12.1 Å². The smallest absolute Gasteiger partial charge is 0.143 e. The largest absolute Gasteiger partial charge is 0.381 e. The lowest BCUT2D eigenvalue weighted by Crippen LogP contribution is -2.32. The highest BCUT2D eigenvalue weighted by atomic mass is 32.2. The van der Waals surface area contributed by atoms with Crippen LogP contribution in [0.4, 0.5) is 5.69 Å². The van der Waals surface area contributed by atoms with Gasteiger partial charge in [0.1, 0.15) is 6.33 Å². The summed E-state index contributed by atoms with van der Waals surface area (Å²) in [5.74, 6) is 1.29. The van der Waals surface area contributed by atoms with Crippen LogP contribution in [-0.2, 0) is 0 Å². The average molecular weight is 275 g/mol. The van der Waals surface area contributed by atoms with Gasteiger partial charge in [0.05, 0.1) is 5.69 Å². The van der Waals surface area contributed by atoms with Crippen molar-refractivity contribution >= 4 is 17.4 Å². The summed E-state index contributed by atoms with van der Waals surface area (Å²) in [4.78, 5) is 0. The Morgan fingerprint density at radius 3 is 2.84 bits per heavy atom. The molecule has 0 amide bonds. The molecule has 2 aromatic rings. The predicted molar refractivity (Wildman–Crippen MR) is 77.7 cm³/mol. The molecule has 2 atom stereocenters. The van der Waals surface area contributed by atoms with E-state index in [-0.39, 0.29) is 0 Å². The standard InChI is InChI=1S/C13H17N5S/c1-10-13(3-2-8-19-10)15-11-4-6-12(7-5-11)18-9-14-16-17-18/h4-7,9-10,13,15H,2-3,8H2,1H3. The van der Waals surface area contributed by atoms with Crippen molar-refractivity contribution in [2.45, 2.75) is 31.1 Å². The summed E-state index contributed by atoms with van der Waals surface area (Å²) in [7, 11) is 0. The van der Waals surface area contributed by atoms with Crippen LogP contribution in [-0.4, -0.2) is 37.3 Å². The minimum atomic E-state index is 0.567. The molecule has 1 N–H and O–H groups in total. The van der Waals surface area contributed by atoms with Crippen LogP contribution >= 0.6 is 11.8 Å². The zero-order valence-corrected chi connectivity index (χ0v) is 11.7. The molecule has 1 saturated heterocycles. The van der Waals surface area contributed by atoms with Crippen molar-refractivity contribution in [1.29, 1.82) is 0 Å². The number of benzene rings is 1. The molecule has 0 bridgehead atoms. The quantitative estimate of drug-likeness (QED) is 0.932. The van der Waals surface area contributed by atoms with E-state index in [1.165, 1.54) is 18.6 Å². The molecule has 1 aromatic carbocycles. The molecule has 2 heterocycles. The number of anilines is 1. The number of hydrogen-bond acceptors (Lipinski definition) is 5. The molecular formula is C13H17N5S. The maximum Gasteiger partial charge on any atom is 0.143 e. The summed E-state index contributed by atoms with van der Waals surface area (Å²) < 4.78 is 1.66. The molecule has 2 unspecified atom stereocenters. The van der Waals surface area contributed by atoms with Crippen LogP contribution < -0.4 is 5.32 Å². The van der Waals surface area contributed by atoms with Crippen molar-refractivity contribution in [3.05, 3.63) is 30.6 Å². The van der Waals surface area contributed by atoms with Gasteiger partial charge in [-0.2, -0.15) is 11.8 Å². The Bertz CT molecular complexity index is 510. The fourth-order valence-electron chi connectivity index (χ4n) is 2.32. The highest BCUT2D eigenvalue weighted by molar-refractivity contribution is 8.00. The molecule has 1 aromatic heterocycles. The zero-order chi connectivity index (χ0) is 13.1. The lowest BCUT2D eigenvalue weighted by molar-refractivity contribution is 0.617. The first-order valence-electron chi connectivity index (χ1n) is 6.54. The first-order valence-corrected chi connectivity index (χ1v) is 7.59. The van der Waals surface area contributed by atoms with Gasteiger partial charge >= 0.3 is 0 Å². The fraction of sp³-hybridized carbons (Fsp3) is 0.462. The van der Waals surface area contributed by atoms with Gasteiger partial charge in [-0.05, 0) is 53.3 Å². The average Bonchev–Trinajstić information content (AvgIpc) is 2.96. The van der Waals surface area contributed by atoms with Gasteiger partial charge in [0.2, 0.25) is 0 Å². The lowest BCUT2D eigenvalue weighted by Gasteiger charge is -2.30. The minimum Gasteiger partial charge on any atom is -0.381 e. The van der Waals surface area contributed by atoms with E-state index >= 15 is 0 Å². The number of thioether (sulfide) groups is 1. The van der Waals surface area contributed by atoms with Gasteiger partial charge in [-0.1, -0.05) is 6.92 Å². The van der Waals surface area contributed by atoms with Gasteiger partial charge in [-0.25, -0.2) is 4.68 Å². The second kappa shape index (κ2) is 5.61. The Morgan fingerprint density at radius 2 is 2.16 bits per heavy atom. The van der Waals surface area contributed by atoms with Crippen molar-refractivity contribution in [3.8, 4) is 5.69 Å². The summed E-state index contributed by atoms with van der Waals surface area (Å²) >= 11 is 2.05. The Hall–Kier alpha value is -1.56. The summed E-state index contributed by atoms with van der Waals surface area (Å²) in [6, 6.07) is 8.79. The fourth-order valence-corrected chi connectivity index (χ4v) is 3.46. The van der Waals surface area contributed by atoms with Crippen LogP contribution in [0.25, 0.3) is 5.69 Å². The summed E-state index contributed by atoms with van der Waals surface area (Å²) in [5.41, 5.74) is 2.14. The molecule has 100 valence electrons. The van der Waals surface area contributed by atoms with E-state index in [0.29, 0.717) is 11.3 Å². The SMILES string of the molecule is CC1SCCCC1Nc1ccc(-n2cnnn2)cc1. The first kappa shape index (κ1) is 12.5. The number of tetrazole rings is 1. The molecule has 3 rings (SSSR count). The third-order valence-corrected chi connectivity index (χ3v) is 4.82. The molecule has 0 saturated carbocycles. The number of nitrogens with zero attached hydrogens (tertiary/aromatic N) is 4. The number of hydrogen-bond donors (Lipinski definition) is 1. The van der Waals surface area contributed by atoms with Crippen molar-refractivity contribution in [1.82, 2.24) is 20.2 Å². The minimum absolute atomic E-state index is 0.567. The first-order chi connectivity index (χ1) is 9.33. The third-order valence-electron chi connectivity index (χ3n) is 3.44. The van der Waals surface area contributed by atoms with Gasteiger partial charge in [0.15, 0.2) is 0 Å². The van der Waals surface area contributed by atoms with Crippen molar-refractivity contribution < 1.29 is 0 Å². The number of rotatable bonds is 3. The Balaban J connectivity index is 1.69. The van der Waals surface area contributed by atoms with Crippen molar-refractivity contribution in [2.75, 3.05) is 11.1 Å². The maximum absolute atomic E-state index is 3.88. The summed E-state index contributed by atoms with van der Waals surface area (Å²) in [5, 5.41) is 15.4. The van der Waals surface area contributed by atoms with Gasteiger partial charge in [-0.3, -0.25) is 0 Å². The van der Waals surface area contributed by atoms with E-state index in [1.54, 1.807) is 11.0 Å². The van der Waals surface area contributed by atoms with Crippen LogP contribution in [0, 0.1) is 0 Å². The Labute approximate surface area is 116 Å². The van der Waals surface area contributed by atoms with Crippen LogP contribution in [0.15, 0.2) is 30.6 Å². The van der Waals surface area contributed by atoms with Gasteiger partial charge < -0.3 is 5.32 Å². The van der Waals surface area contributed by atoms with Crippen molar-refractivity contribution in [3.63, 3.8) is 0 Å². The Kier molecular flexibility index (Phi) is 3.68. The van der Waals surface area contributed by atoms with Crippen LogP contribution in [0.1, 0.15) is 19.8 Å². The highest BCUT2D eigenvalue weighted by Crippen LogP contribution is 2.27. The van der Waals surface area contributed by atoms with Crippen LogP contribution in [0.3, 0.4) is 0 Å². The molecule has 1 fully saturated rings. The van der Waals surface area contributed by atoms with E-state index < -0.39 is 0 Å². The maximum atomic E-state index is 3.88. The normalized spacial score (nSPS) is 23.2. The summed E-state index contributed by atoms with van der Waals surface area (Å²) in [6.07, 6.45) is 4.15. The monoisotopic (exact) mass is 275 g/mol. The van der Waals surface area contributed by atoms with E-state index in [9.17, 15) is 0 Å². The zero-order valence-electron chi connectivity index (χ0n) is 10.9. The molecular weight excluding hydrogens is 258 g/mol. The third kappa shape index (κ3) is 2.89. The highest BCUT2D eigenvalue weighted by Gasteiger charge is 2.21.